The van der Waals surface area contributed by atoms with Crippen LogP contribution in [0.2, 0.25) is 0 Å². The average molecular weight is 348 g/mol. The fourth-order valence-corrected chi connectivity index (χ4v) is 3.32. The number of rotatable bonds is 7. The van der Waals surface area contributed by atoms with E-state index in [0.717, 1.165) is 39.0 Å². The monoisotopic (exact) mass is 347 g/mol. The van der Waals surface area contributed by atoms with Crippen molar-refractivity contribution in [1.82, 2.24) is 15.1 Å². The molecule has 0 bridgehead atoms. The SMILES string of the molecule is CCNCC1CCN(C(=O)C2CC(=O)N(CCOC)C2)CC1.Cl. The third kappa shape index (κ3) is 5.62. The number of ether oxygens (including phenoxy) is 1. The molecule has 2 fully saturated rings. The van der Waals surface area contributed by atoms with E-state index >= 15 is 0 Å². The van der Waals surface area contributed by atoms with E-state index in [-0.39, 0.29) is 30.1 Å². The highest BCUT2D eigenvalue weighted by atomic mass is 35.5. The van der Waals surface area contributed by atoms with Crippen LogP contribution in [0.25, 0.3) is 0 Å². The molecular weight excluding hydrogens is 318 g/mol. The summed E-state index contributed by atoms with van der Waals surface area (Å²) in [6, 6.07) is 0. The predicted molar refractivity (Wildman–Crippen MR) is 91.7 cm³/mol. The van der Waals surface area contributed by atoms with E-state index in [4.69, 9.17) is 4.74 Å². The van der Waals surface area contributed by atoms with Crippen LogP contribution < -0.4 is 5.32 Å². The zero-order chi connectivity index (χ0) is 15.9. The molecule has 0 aromatic rings. The fourth-order valence-electron chi connectivity index (χ4n) is 3.32. The van der Waals surface area contributed by atoms with Crippen molar-refractivity contribution in [2.24, 2.45) is 11.8 Å². The van der Waals surface area contributed by atoms with E-state index in [1.54, 1.807) is 12.0 Å². The molecule has 1 atom stereocenters. The van der Waals surface area contributed by atoms with Crippen LogP contribution in [0.4, 0.5) is 0 Å². The third-order valence-corrected chi connectivity index (χ3v) is 4.74. The van der Waals surface area contributed by atoms with Gasteiger partial charge in [-0.1, -0.05) is 6.92 Å². The zero-order valence-corrected chi connectivity index (χ0v) is 15.1. The van der Waals surface area contributed by atoms with E-state index < -0.39 is 0 Å². The smallest absolute Gasteiger partial charge is 0.227 e. The van der Waals surface area contributed by atoms with Crippen LogP contribution in [0.1, 0.15) is 26.2 Å². The van der Waals surface area contributed by atoms with Crippen LogP contribution in [0, 0.1) is 11.8 Å². The molecule has 1 unspecified atom stereocenters. The van der Waals surface area contributed by atoms with Crippen molar-refractivity contribution >= 4 is 24.2 Å². The lowest BCUT2D eigenvalue weighted by molar-refractivity contribution is -0.137. The topological polar surface area (TPSA) is 61.9 Å². The fraction of sp³-hybridized carbons (Fsp3) is 0.875. The lowest BCUT2D eigenvalue weighted by Crippen LogP contribution is -2.44. The average Bonchev–Trinajstić information content (AvgIpc) is 2.91. The van der Waals surface area contributed by atoms with Crippen LogP contribution in [-0.2, 0) is 14.3 Å². The summed E-state index contributed by atoms with van der Waals surface area (Å²) in [6.07, 6.45) is 2.49. The summed E-state index contributed by atoms with van der Waals surface area (Å²) >= 11 is 0. The first-order chi connectivity index (χ1) is 10.7. The van der Waals surface area contributed by atoms with Crippen molar-refractivity contribution in [2.75, 3.05) is 53.0 Å². The van der Waals surface area contributed by atoms with Crippen molar-refractivity contribution in [3.8, 4) is 0 Å². The third-order valence-electron chi connectivity index (χ3n) is 4.74. The normalized spacial score (nSPS) is 22.3. The number of nitrogens with zero attached hydrogens (tertiary/aromatic N) is 2. The first-order valence-electron chi connectivity index (χ1n) is 8.41. The van der Waals surface area contributed by atoms with Gasteiger partial charge in [0, 0.05) is 39.7 Å². The Balaban J connectivity index is 0.00000264. The number of methoxy groups -OCH3 is 1. The molecule has 0 radical (unpaired) electrons. The zero-order valence-electron chi connectivity index (χ0n) is 14.3. The maximum atomic E-state index is 12.6. The summed E-state index contributed by atoms with van der Waals surface area (Å²) in [5.41, 5.74) is 0. The number of amides is 2. The van der Waals surface area contributed by atoms with Gasteiger partial charge in [0.1, 0.15) is 0 Å². The number of carbonyl (C=O) groups is 2. The number of piperidine rings is 1. The molecule has 2 aliphatic heterocycles. The van der Waals surface area contributed by atoms with Crippen LogP contribution in [0.15, 0.2) is 0 Å². The van der Waals surface area contributed by atoms with Gasteiger partial charge in [-0.2, -0.15) is 0 Å². The Labute approximate surface area is 145 Å². The molecule has 6 nitrogen and oxygen atoms in total. The van der Waals surface area contributed by atoms with E-state index in [9.17, 15) is 9.59 Å². The molecule has 0 aromatic carbocycles. The maximum absolute atomic E-state index is 12.6. The minimum absolute atomic E-state index is 0. The molecule has 2 heterocycles. The molecule has 134 valence electrons. The second kappa shape index (κ2) is 10.1. The van der Waals surface area contributed by atoms with Gasteiger partial charge in [0.25, 0.3) is 0 Å². The molecule has 2 rings (SSSR count). The maximum Gasteiger partial charge on any atom is 0.227 e. The predicted octanol–water partition coefficient (Wildman–Crippen LogP) is 0.751. The van der Waals surface area contributed by atoms with Crippen molar-refractivity contribution < 1.29 is 14.3 Å². The first kappa shape index (κ1) is 20.2. The van der Waals surface area contributed by atoms with Gasteiger partial charge in [-0.3, -0.25) is 9.59 Å². The molecule has 2 amide bonds. The summed E-state index contributed by atoms with van der Waals surface area (Å²) in [6.45, 7) is 7.50. The molecule has 2 saturated heterocycles. The molecule has 0 aliphatic carbocycles. The first-order valence-corrected chi connectivity index (χ1v) is 8.41. The molecule has 23 heavy (non-hydrogen) atoms. The Hall–Kier alpha value is -0.850. The molecule has 0 saturated carbocycles. The van der Waals surface area contributed by atoms with E-state index in [1.165, 1.54) is 0 Å². The van der Waals surface area contributed by atoms with E-state index in [2.05, 4.69) is 12.2 Å². The minimum atomic E-state index is -0.158. The van der Waals surface area contributed by atoms with E-state index in [0.29, 0.717) is 32.0 Å². The molecule has 2 aliphatic rings. The van der Waals surface area contributed by atoms with Crippen molar-refractivity contribution in [3.05, 3.63) is 0 Å². The van der Waals surface area contributed by atoms with E-state index in [1.807, 2.05) is 4.90 Å². The van der Waals surface area contributed by atoms with Gasteiger partial charge in [-0.15, -0.1) is 12.4 Å². The molecule has 1 N–H and O–H groups in total. The quantitative estimate of drug-likeness (QED) is 0.738. The van der Waals surface area contributed by atoms with Gasteiger partial charge in [-0.25, -0.2) is 0 Å². The van der Waals surface area contributed by atoms with Gasteiger partial charge in [0.15, 0.2) is 0 Å². The van der Waals surface area contributed by atoms with Gasteiger partial charge < -0.3 is 19.9 Å². The van der Waals surface area contributed by atoms with Gasteiger partial charge in [-0.05, 0) is 31.8 Å². The summed E-state index contributed by atoms with van der Waals surface area (Å²) in [4.78, 5) is 28.2. The number of likely N-dealkylation sites (tertiary alicyclic amines) is 2. The molecular formula is C16H30ClN3O3. The van der Waals surface area contributed by atoms with Crippen LogP contribution >= 0.6 is 12.4 Å². The van der Waals surface area contributed by atoms with Gasteiger partial charge in [0.05, 0.1) is 12.5 Å². The number of nitrogens with one attached hydrogen (secondary N) is 1. The molecule has 0 aromatic heterocycles. The summed E-state index contributed by atoms with van der Waals surface area (Å²) < 4.78 is 5.01. The molecule has 7 heteroatoms. The van der Waals surface area contributed by atoms with Crippen molar-refractivity contribution in [3.63, 3.8) is 0 Å². The second-order valence-electron chi connectivity index (χ2n) is 6.31. The Morgan fingerprint density at radius 2 is 2.04 bits per heavy atom. The van der Waals surface area contributed by atoms with Crippen molar-refractivity contribution in [2.45, 2.75) is 26.2 Å². The lowest BCUT2D eigenvalue weighted by atomic mass is 9.95. The van der Waals surface area contributed by atoms with Crippen LogP contribution in [-0.4, -0.2) is 74.6 Å². The highest BCUT2D eigenvalue weighted by Crippen LogP contribution is 2.23. The standard InChI is InChI=1S/C16H29N3O3.ClH/c1-3-17-11-13-4-6-18(7-5-13)16(21)14-10-15(20)19(12-14)8-9-22-2;/h13-14,17H,3-12H2,1-2H3;1H. The number of halogens is 1. The summed E-state index contributed by atoms with van der Waals surface area (Å²) in [5.74, 6) is 0.759. The van der Waals surface area contributed by atoms with Crippen molar-refractivity contribution in [1.29, 1.82) is 0 Å². The number of carbonyl (C=O) groups excluding carboxylic acids is 2. The minimum Gasteiger partial charge on any atom is -0.383 e. The highest BCUT2D eigenvalue weighted by Gasteiger charge is 2.37. The Morgan fingerprint density at radius 1 is 1.35 bits per heavy atom. The van der Waals surface area contributed by atoms with Gasteiger partial charge in [0.2, 0.25) is 11.8 Å². The Kier molecular flexibility index (Phi) is 8.87. The lowest BCUT2D eigenvalue weighted by Gasteiger charge is -2.33. The number of hydrogen-bond donors (Lipinski definition) is 1. The van der Waals surface area contributed by atoms with Crippen LogP contribution in [0.5, 0.6) is 0 Å². The molecule has 0 spiro atoms. The second-order valence-corrected chi connectivity index (χ2v) is 6.31. The largest absolute Gasteiger partial charge is 0.383 e. The number of hydrogen-bond acceptors (Lipinski definition) is 4. The summed E-state index contributed by atoms with van der Waals surface area (Å²) in [7, 11) is 1.63. The van der Waals surface area contributed by atoms with Gasteiger partial charge >= 0.3 is 0 Å². The Bertz CT molecular complexity index is 387. The summed E-state index contributed by atoms with van der Waals surface area (Å²) in [5, 5.41) is 3.38. The highest BCUT2D eigenvalue weighted by molar-refractivity contribution is 5.89. The van der Waals surface area contributed by atoms with Crippen LogP contribution in [0.3, 0.4) is 0 Å². The Morgan fingerprint density at radius 3 is 2.65 bits per heavy atom.